The van der Waals surface area contributed by atoms with Crippen molar-refractivity contribution in [3.8, 4) is 5.75 Å². The lowest BCUT2D eigenvalue weighted by atomic mass is 9.84. The summed E-state index contributed by atoms with van der Waals surface area (Å²) in [7, 11) is -2.09. The standard InChI is InChI=1S/C21H24N2O4S2/c1-4-21(5-2)13-16(15-8-6-7-9-18(15)27-21)22-29(25,26)14-10-11-17-19(12-14)28-20(24)23(17)3/h6-12,16,22H,4-5,13H2,1-3H3. The number of hydrogen-bond acceptors (Lipinski definition) is 5. The molecule has 1 aromatic heterocycles. The molecule has 0 saturated heterocycles. The van der Waals surface area contributed by atoms with Gasteiger partial charge in [-0.2, -0.15) is 0 Å². The number of rotatable bonds is 5. The van der Waals surface area contributed by atoms with Crippen LogP contribution in [0, 0.1) is 0 Å². The van der Waals surface area contributed by atoms with Gasteiger partial charge in [-0.05, 0) is 37.1 Å². The molecule has 8 heteroatoms. The van der Waals surface area contributed by atoms with Gasteiger partial charge in [-0.3, -0.25) is 4.79 Å². The number of thiazole rings is 1. The molecule has 0 aliphatic carbocycles. The van der Waals surface area contributed by atoms with E-state index < -0.39 is 15.6 Å². The number of nitrogens with zero attached hydrogens (tertiary/aromatic N) is 1. The summed E-state index contributed by atoms with van der Waals surface area (Å²) >= 11 is 1.05. The molecule has 0 fully saturated rings. The van der Waals surface area contributed by atoms with E-state index in [1.165, 1.54) is 4.57 Å². The molecule has 1 unspecified atom stereocenters. The van der Waals surface area contributed by atoms with Crippen molar-refractivity contribution in [2.75, 3.05) is 0 Å². The quantitative estimate of drug-likeness (QED) is 0.662. The van der Waals surface area contributed by atoms with Gasteiger partial charge in [-0.15, -0.1) is 0 Å². The maximum absolute atomic E-state index is 13.2. The second-order valence-electron chi connectivity index (χ2n) is 7.46. The van der Waals surface area contributed by atoms with Gasteiger partial charge in [0.15, 0.2) is 0 Å². The van der Waals surface area contributed by atoms with Gasteiger partial charge >= 0.3 is 4.87 Å². The topological polar surface area (TPSA) is 77.4 Å². The van der Waals surface area contributed by atoms with Crippen LogP contribution < -0.4 is 14.3 Å². The molecule has 0 saturated carbocycles. The Morgan fingerprint density at radius 3 is 2.66 bits per heavy atom. The maximum Gasteiger partial charge on any atom is 0.307 e. The summed E-state index contributed by atoms with van der Waals surface area (Å²) in [4.78, 5) is 11.9. The average Bonchev–Trinajstić information content (AvgIpc) is 3.00. The summed E-state index contributed by atoms with van der Waals surface area (Å²) in [6, 6.07) is 12.0. The molecule has 0 radical (unpaired) electrons. The molecule has 1 aliphatic heterocycles. The van der Waals surface area contributed by atoms with Crippen molar-refractivity contribution in [2.45, 2.75) is 49.6 Å². The molecule has 2 heterocycles. The second-order valence-corrected chi connectivity index (χ2v) is 10.2. The molecule has 154 valence electrons. The van der Waals surface area contributed by atoms with E-state index in [0.29, 0.717) is 11.1 Å². The zero-order chi connectivity index (χ0) is 20.8. The largest absolute Gasteiger partial charge is 0.487 e. The molecule has 0 bridgehead atoms. The van der Waals surface area contributed by atoms with Crippen molar-refractivity contribution in [3.05, 3.63) is 57.7 Å². The molecule has 3 aromatic rings. The molecule has 1 N–H and O–H groups in total. The highest BCUT2D eigenvalue weighted by Crippen LogP contribution is 2.43. The number of sulfonamides is 1. The minimum absolute atomic E-state index is 0.114. The molecule has 1 atom stereocenters. The van der Waals surface area contributed by atoms with Crippen LogP contribution >= 0.6 is 11.3 Å². The van der Waals surface area contributed by atoms with Gasteiger partial charge in [0.1, 0.15) is 11.4 Å². The highest BCUT2D eigenvalue weighted by Gasteiger charge is 2.40. The second kappa shape index (κ2) is 7.27. The van der Waals surface area contributed by atoms with Crippen LogP contribution in [-0.4, -0.2) is 18.6 Å². The number of benzene rings is 2. The first-order valence-electron chi connectivity index (χ1n) is 9.68. The van der Waals surface area contributed by atoms with E-state index in [0.717, 1.165) is 41.0 Å². The summed E-state index contributed by atoms with van der Waals surface area (Å²) in [6.45, 7) is 4.13. The molecule has 1 aliphatic rings. The summed E-state index contributed by atoms with van der Waals surface area (Å²) in [5.41, 5.74) is 1.18. The fourth-order valence-corrected chi connectivity index (χ4v) is 6.18. The predicted molar refractivity (Wildman–Crippen MR) is 115 cm³/mol. The Morgan fingerprint density at radius 1 is 1.21 bits per heavy atom. The SMILES string of the molecule is CCC1(CC)CC(NS(=O)(=O)c2ccc3c(c2)sc(=O)n3C)c2ccccc2O1. The number of aromatic nitrogens is 1. The van der Waals surface area contributed by atoms with Crippen molar-refractivity contribution in [3.63, 3.8) is 0 Å². The van der Waals surface area contributed by atoms with Crippen molar-refractivity contribution in [1.82, 2.24) is 9.29 Å². The first-order chi connectivity index (χ1) is 13.8. The number of para-hydroxylation sites is 1. The Morgan fingerprint density at radius 2 is 1.93 bits per heavy atom. The van der Waals surface area contributed by atoms with E-state index in [4.69, 9.17) is 4.74 Å². The fraction of sp³-hybridized carbons (Fsp3) is 0.381. The molecular weight excluding hydrogens is 408 g/mol. The lowest BCUT2D eigenvalue weighted by Gasteiger charge is -2.41. The highest BCUT2D eigenvalue weighted by atomic mass is 32.2. The van der Waals surface area contributed by atoms with Gasteiger partial charge in [-0.1, -0.05) is 43.4 Å². The van der Waals surface area contributed by atoms with Crippen LogP contribution in [0.25, 0.3) is 10.2 Å². The molecule has 6 nitrogen and oxygen atoms in total. The van der Waals surface area contributed by atoms with Gasteiger partial charge in [-0.25, -0.2) is 13.1 Å². The number of ether oxygens (including phenoxy) is 1. The van der Waals surface area contributed by atoms with Crippen LogP contribution in [0.3, 0.4) is 0 Å². The van der Waals surface area contributed by atoms with Crippen molar-refractivity contribution < 1.29 is 13.2 Å². The van der Waals surface area contributed by atoms with E-state index in [1.807, 2.05) is 24.3 Å². The normalized spacial score (nSPS) is 18.4. The van der Waals surface area contributed by atoms with Crippen LogP contribution in [0.5, 0.6) is 5.75 Å². The summed E-state index contributed by atoms with van der Waals surface area (Å²) < 4.78 is 37.7. The minimum atomic E-state index is -3.77. The van der Waals surface area contributed by atoms with E-state index in [9.17, 15) is 13.2 Å². The fourth-order valence-electron chi connectivity index (χ4n) is 3.94. The first-order valence-corrected chi connectivity index (χ1v) is 12.0. The van der Waals surface area contributed by atoms with Crippen LogP contribution in [0.15, 0.2) is 52.2 Å². The Balaban J connectivity index is 1.73. The van der Waals surface area contributed by atoms with Crippen LogP contribution in [0.1, 0.15) is 44.7 Å². The average molecular weight is 433 g/mol. The molecular formula is C21H24N2O4S2. The molecule has 0 amide bonds. The highest BCUT2D eigenvalue weighted by molar-refractivity contribution is 7.89. The van der Waals surface area contributed by atoms with Crippen LogP contribution in [-0.2, 0) is 17.1 Å². The van der Waals surface area contributed by atoms with E-state index in [-0.39, 0.29) is 15.8 Å². The van der Waals surface area contributed by atoms with Gasteiger partial charge in [0.05, 0.1) is 21.2 Å². The van der Waals surface area contributed by atoms with Crippen molar-refractivity contribution >= 4 is 31.6 Å². The maximum atomic E-state index is 13.2. The minimum Gasteiger partial charge on any atom is -0.487 e. The summed E-state index contributed by atoms with van der Waals surface area (Å²) in [6.07, 6.45) is 2.15. The van der Waals surface area contributed by atoms with E-state index >= 15 is 0 Å². The summed E-state index contributed by atoms with van der Waals surface area (Å²) in [5, 5.41) is 0. The Kier molecular flexibility index (Phi) is 5.04. The zero-order valence-corrected chi connectivity index (χ0v) is 18.3. The third-order valence-corrected chi connectivity index (χ3v) is 8.32. The number of nitrogens with one attached hydrogen (secondary N) is 1. The van der Waals surface area contributed by atoms with Gasteiger partial charge in [0.2, 0.25) is 10.0 Å². The monoisotopic (exact) mass is 432 g/mol. The third-order valence-electron chi connectivity index (χ3n) is 5.86. The van der Waals surface area contributed by atoms with Crippen molar-refractivity contribution in [2.24, 2.45) is 7.05 Å². The van der Waals surface area contributed by atoms with Gasteiger partial charge < -0.3 is 9.30 Å². The molecule has 4 rings (SSSR count). The Labute approximate surface area is 174 Å². The first kappa shape index (κ1) is 20.1. The lowest BCUT2D eigenvalue weighted by molar-refractivity contribution is 0.0260. The van der Waals surface area contributed by atoms with Crippen LogP contribution in [0.2, 0.25) is 0 Å². The molecule has 0 spiro atoms. The number of aryl methyl sites for hydroxylation is 1. The lowest BCUT2D eigenvalue weighted by Crippen LogP contribution is -2.44. The van der Waals surface area contributed by atoms with E-state index in [1.54, 1.807) is 25.2 Å². The third kappa shape index (κ3) is 3.49. The molecule has 2 aromatic carbocycles. The number of fused-ring (bicyclic) bond motifs is 2. The smallest absolute Gasteiger partial charge is 0.307 e. The summed E-state index contributed by atoms with van der Waals surface area (Å²) in [5.74, 6) is 0.729. The van der Waals surface area contributed by atoms with Gasteiger partial charge in [0.25, 0.3) is 0 Å². The van der Waals surface area contributed by atoms with E-state index in [2.05, 4.69) is 18.6 Å². The number of hydrogen-bond donors (Lipinski definition) is 1. The van der Waals surface area contributed by atoms with Crippen molar-refractivity contribution in [1.29, 1.82) is 0 Å². The predicted octanol–water partition coefficient (Wildman–Crippen LogP) is 3.96. The van der Waals surface area contributed by atoms with Crippen LogP contribution in [0.4, 0.5) is 0 Å². The zero-order valence-electron chi connectivity index (χ0n) is 16.6. The Hall–Kier alpha value is -2.16. The Bertz CT molecular complexity index is 1220. The molecule has 29 heavy (non-hydrogen) atoms. The van der Waals surface area contributed by atoms with Gasteiger partial charge in [0, 0.05) is 19.0 Å².